The molecule has 4 aliphatic rings. The molecule has 4 unspecified atom stereocenters. The van der Waals surface area contributed by atoms with Gasteiger partial charge in [-0.15, -0.1) is 0 Å². The number of quaternary nitrogens is 1. The highest BCUT2D eigenvalue weighted by atomic mass is 127. The third-order valence-corrected chi connectivity index (χ3v) is 8.07. The molecular weight excluding hydrogens is 459 g/mol. The van der Waals surface area contributed by atoms with Gasteiger partial charge in [0.2, 0.25) is 0 Å². The molecule has 1 aliphatic carbocycles. The number of benzene rings is 1. The smallest absolute Gasteiger partial charge is 0.148 e. The molecule has 2 bridgehead atoms. The number of para-hydroxylation sites is 1. The minimum atomic E-state index is 0. The number of allylic oxidation sites excluding steroid dienone is 2. The summed E-state index contributed by atoms with van der Waals surface area (Å²) < 4.78 is 1.24. The maximum absolute atomic E-state index is 12.2. The summed E-state index contributed by atoms with van der Waals surface area (Å²) in [5, 5.41) is 3.72. The van der Waals surface area contributed by atoms with Gasteiger partial charge < -0.3 is 33.8 Å². The van der Waals surface area contributed by atoms with Gasteiger partial charge in [0.15, 0.2) is 0 Å². The van der Waals surface area contributed by atoms with Gasteiger partial charge in [-0.05, 0) is 37.0 Å². The van der Waals surface area contributed by atoms with Gasteiger partial charge in [-0.25, -0.2) is 0 Å². The van der Waals surface area contributed by atoms with Crippen molar-refractivity contribution in [2.75, 3.05) is 25.0 Å². The molecule has 0 amide bonds. The second-order valence-electron chi connectivity index (χ2n) is 9.04. The lowest BCUT2D eigenvalue weighted by atomic mass is 9.61. The summed E-state index contributed by atoms with van der Waals surface area (Å²) in [6.07, 6.45) is 9.70. The molecule has 1 aromatic rings. The first-order valence-electron chi connectivity index (χ1n) is 10.8. The number of unbranched alkanes of at least 4 members (excludes halogenated alkanes) is 2. The average molecular weight is 490 g/mol. The topological polar surface area (TPSA) is 29.1 Å². The van der Waals surface area contributed by atoms with Crippen LogP contribution in [0.3, 0.4) is 0 Å². The standard InChI is InChI=1S/C24H30N2O.HI/c1-3-5-8-12-26-13-11-24-20-9-6-7-10-21(20)25-23(24)19(16-27)18(14-22(24)26)17(4-2)15-26;/h4,6-7,9-10,16,18,22H,3,5,8,11-15H2,1-2H3;1H/b17-4-;. The number of carbonyl (C=O) groups excluding carboxylic acids is 1. The zero-order valence-electron chi connectivity index (χ0n) is 17.0. The van der Waals surface area contributed by atoms with E-state index in [1.807, 2.05) is 0 Å². The number of piperidine rings is 1. The van der Waals surface area contributed by atoms with Crippen LogP contribution >= 0.6 is 0 Å². The second-order valence-corrected chi connectivity index (χ2v) is 9.04. The monoisotopic (exact) mass is 490 g/mol. The van der Waals surface area contributed by atoms with Crippen LogP contribution in [-0.4, -0.2) is 36.4 Å². The minimum absolute atomic E-state index is 0. The molecule has 5 rings (SSSR count). The predicted octanol–water partition coefficient (Wildman–Crippen LogP) is 1.57. The number of aldehydes is 1. The Balaban J connectivity index is 0.00000192. The van der Waals surface area contributed by atoms with Crippen molar-refractivity contribution in [2.45, 2.75) is 57.4 Å². The first-order chi connectivity index (χ1) is 13.2. The van der Waals surface area contributed by atoms with Crippen molar-refractivity contribution in [2.24, 2.45) is 5.92 Å². The van der Waals surface area contributed by atoms with Crippen molar-refractivity contribution in [1.29, 1.82) is 0 Å². The highest BCUT2D eigenvalue weighted by Gasteiger charge is 2.68. The van der Waals surface area contributed by atoms with E-state index in [-0.39, 0.29) is 29.4 Å². The van der Waals surface area contributed by atoms with E-state index >= 15 is 0 Å². The van der Waals surface area contributed by atoms with Crippen LogP contribution in [0.25, 0.3) is 0 Å². The molecule has 3 heterocycles. The van der Waals surface area contributed by atoms with Crippen LogP contribution in [-0.2, 0) is 10.2 Å². The first-order valence-corrected chi connectivity index (χ1v) is 10.8. The van der Waals surface area contributed by atoms with Gasteiger partial charge in [0.25, 0.3) is 0 Å². The highest BCUT2D eigenvalue weighted by molar-refractivity contribution is 5.84. The third-order valence-electron chi connectivity index (χ3n) is 8.07. The van der Waals surface area contributed by atoms with E-state index in [1.54, 1.807) is 0 Å². The highest BCUT2D eigenvalue weighted by Crippen LogP contribution is 2.63. The molecular formula is C24H31IN2O. The lowest BCUT2D eigenvalue weighted by Crippen LogP contribution is -3.00. The van der Waals surface area contributed by atoms with Crippen LogP contribution in [0.1, 0.15) is 51.5 Å². The molecule has 4 atom stereocenters. The maximum Gasteiger partial charge on any atom is 0.148 e. The summed E-state index contributed by atoms with van der Waals surface area (Å²) in [5.41, 5.74) is 6.48. The Hall–Kier alpha value is -1.14. The van der Waals surface area contributed by atoms with E-state index in [9.17, 15) is 4.79 Å². The molecule has 2 saturated heterocycles. The molecule has 1 aromatic carbocycles. The number of carbonyl (C=O) groups is 1. The number of nitrogens with zero attached hydrogens (tertiary/aromatic N) is 1. The van der Waals surface area contributed by atoms with E-state index < -0.39 is 0 Å². The van der Waals surface area contributed by atoms with Gasteiger partial charge in [-0.3, -0.25) is 4.79 Å². The molecule has 4 heteroatoms. The quantitative estimate of drug-likeness (QED) is 0.223. The van der Waals surface area contributed by atoms with Crippen molar-refractivity contribution in [3.63, 3.8) is 0 Å². The summed E-state index contributed by atoms with van der Waals surface area (Å²) >= 11 is 0. The van der Waals surface area contributed by atoms with Crippen molar-refractivity contribution in [3.8, 4) is 0 Å². The minimum Gasteiger partial charge on any atom is -1.00 e. The van der Waals surface area contributed by atoms with Crippen molar-refractivity contribution in [1.82, 2.24) is 0 Å². The molecule has 0 radical (unpaired) electrons. The Bertz CT molecular complexity index is 860. The number of hydrogen-bond donors (Lipinski definition) is 1. The Kier molecular flexibility index (Phi) is 5.24. The molecule has 2 fully saturated rings. The number of hydrogen-bond acceptors (Lipinski definition) is 2. The zero-order valence-corrected chi connectivity index (χ0v) is 19.2. The molecule has 1 N–H and O–H groups in total. The van der Waals surface area contributed by atoms with Crippen molar-refractivity contribution >= 4 is 12.0 Å². The van der Waals surface area contributed by atoms with Crippen molar-refractivity contribution in [3.05, 3.63) is 52.7 Å². The fraction of sp³-hybridized carbons (Fsp3) is 0.542. The Morgan fingerprint density at radius 3 is 2.86 bits per heavy atom. The number of nitrogens with one attached hydrogen (secondary N) is 1. The fourth-order valence-corrected chi connectivity index (χ4v) is 6.91. The van der Waals surface area contributed by atoms with E-state index in [2.05, 4.69) is 49.5 Å². The summed E-state index contributed by atoms with van der Waals surface area (Å²) in [6.45, 7) is 8.13. The van der Waals surface area contributed by atoms with Gasteiger partial charge in [-0.1, -0.05) is 37.6 Å². The molecule has 150 valence electrons. The van der Waals surface area contributed by atoms with Crippen LogP contribution in [0.2, 0.25) is 0 Å². The van der Waals surface area contributed by atoms with Crippen LogP contribution in [0.5, 0.6) is 0 Å². The molecule has 3 nitrogen and oxygen atoms in total. The van der Waals surface area contributed by atoms with Crippen molar-refractivity contribution < 1.29 is 33.3 Å². The average Bonchev–Trinajstić information content (AvgIpc) is 3.22. The van der Waals surface area contributed by atoms with E-state index in [1.165, 1.54) is 65.8 Å². The van der Waals surface area contributed by atoms with E-state index in [0.717, 1.165) is 24.8 Å². The lowest BCUT2D eigenvalue weighted by molar-refractivity contribution is -0.941. The SMILES string of the molecule is C/C=C1/C[N+]2(CCCCC)CCC34C(=C(C=O)C1CC32)Nc1ccccc14.[I-]. The number of rotatable bonds is 5. The summed E-state index contributed by atoms with van der Waals surface area (Å²) in [7, 11) is 0. The molecule has 0 saturated carbocycles. The number of anilines is 1. The van der Waals surface area contributed by atoms with E-state index in [0.29, 0.717) is 12.0 Å². The maximum atomic E-state index is 12.2. The van der Waals surface area contributed by atoms with Crippen LogP contribution in [0.4, 0.5) is 5.69 Å². The van der Waals surface area contributed by atoms with Gasteiger partial charge in [0, 0.05) is 35.7 Å². The second kappa shape index (κ2) is 7.28. The molecule has 0 aromatic heterocycles. The Labute approximate surface area is 185 Å². The fourth-order valence-electron chi connectivity index (χ4n) is 6.91. The normalized spacial score (nSPS) is 35.9. The molecule has 28 heavy (non-hydrogen) atoms. The predicted molar refractivity (Wildman–Crippen MR) is 109 cm³/mol. The number of fused-ring (bicyclic) bond motifs is 2. The lowest BCUT2D eigenvalue weighted by Gasteiger charge is -2.53. The van der Waals surface area contributed by atoms with Crippen LogP contribution < -0.4 is 29.3 Å². The summed E-state index contributed by atoms with van der Waals surface area (Å²) in [6, 6.07) is 9.41. The number of halogens is 1. The zero-order chi connectivity index (χ0) is 18.6. The largest absolute Gasteiger partial charge is 1.00 e. The summed E-state index contributed by atoms with van der Waals surface area (Å²) in [5.74, 6) is 0.318. The Morgan fingerprint density at radius 2 is 2.11 bits per heavy atom. The Morgan fingerprint density at radius 1 is 1.29 bits per heavy atom. The molecule has 1 spiro atoms. The third kappa shape index (κ3) is 2.46. The van der Waals surface area contributed by atoms with Crippen LogP contribution in [0.15, 0.2) is 47.2 Å². The van der Waals surface area contributed by atoms with Gasteiger partial charge in [0.1, 0.15) is 18.9 Å². The molecule has 3 aliphatic heterocycles. The van der Waals surface area contributed by atoms with E-state index in [4.69, 9.17) is 0 Å². The van der Waals surface area contributed by atoms with Gasteiger partial charge in [-0.2, -0.15) is 0 Å². The summed E-state index contributed by atoms with van der Waals surface area (Å²) in [4.78, 5) is 12.2. The van der Waals surface area contributed by atoms with Gasteiger partial charge in [0.05, 0.1) is 18.5 Å². The first kappa shape index (κ1) is 20.1. The van der Waals surface area contributed by atoms with Crippen LogP contribution in [0, 0.1) is 5.92 Å². The van der Waals surface area contributed by atoms with Gasteiger partial charge >= 0.3 is 0 Å².